The van der Waals surface area contributed by atoms with E-state index in [0.29, 0.717) is 17.6 Å². The maximum atomic E-state index is 6.56. The monoisotopic (exact) mass is 730 g/mol. The van der Waals surface area contributed by atoms with E-state index in [-0.39, 0.29) is 0 Å². The second kappa shape index (κ2) is 12.3. The Balaban J connectivity index is 1.20. The third kappa shape index (κ3) is 4.94. The second-order valence-corrected chi connectivity index (χ2v) is 14.4. The van der Waals surface area contributed by atoms with Gasteiger partial charge < -0.3 is 8.83 Å². The molecule has 0 saturated heterocycles. The predicted octanol–water partition coefficient (Wildman–Crippen LogP) is 13.4. The van der Waals surface area contributed by atoms with Crippen molar-refractivity contribution in [2.75, 3.05) is 0 Å². The van der Waals surface area contributed by atoms with Crippen molar-refractivity contribution in [3.8, 4) is 51.0 Å². The van der Waals surface area contributed by atoms with Crippen LogP contribution in [0.15, 0.2) is 191 Å². The Labute approximate surface area is 325 Å². The molecular weight excluding hydrogens is 701 g/mol. The molecule has 0 saturated carbocycles. The van der Waals surface area contributed by atoms with Crippen molar-refractivity contribution in [2.24, 2.45) is 0 Å². The molecule has 0 aliphatic carbocycles. The summed E-state index contributed by atoms with van der Waals surface area (Å²) in [6.07, 6.45) is 0. The largest absolute Gasteiger partial charge is 0.456 e. The summed E-state index contributed by atoms with van der Waals surface area (Å²) in [6, 6.07) is 62.6. The highest BCUT2D eigenvalue weighted by Gasteiger charge is 2.23. The van der Waals surface area contributed by atoms with E-state index in [9.17, 15) is 0 Å². The smallest absolute Gasteiger partial charge is 0.238 e. The second-order valence-electron chi connectivity index (χ2n) is 14.4. The summed E-state index contributed by atoms with van der Waals surface area (Å²) >= 11 is 0. The van der Waals surface area contributed by atoms with Crippen molar-refractivity contribution in [1.82, 2.24) is 19.5 Å². The molecule has 0 radical (unpaired) electrons. The van der Waals surface area contributed by atoms with E-state index in [1.807, 2.05) is 66.7 Å². The highest BCUT2D eigenvalue weighted by molar-refractivity contribution is 6.19. The van der Waals surface area contributed by atoms with Crippen LogP contribution in [0.5, 0.6) is 0 Å². The average molecular weight is 731 g/mol. The van der Waals surface area contributed by atoms with Gasteiger partial charge in [0, 0.05) is 49.0 Å². The van der Waals surface area contributed by atoms with Crippen molar-refractivity contribution >= 4 is 65.7 Å². The van der Waals surface area contributed by atoms with Crippen molar-refractivity contribution in [2.45, 2.75) is 0 Å². The van der Waals surface area contributed by atoms with Crippen LogP contribution >= 0.6 is 0 Å². The van der Waals surface area contributed by atoms with Gasteiger partial charge in [0.05, 0.1) is 11.0 Å². The Kier molecular flexibility index (Phi) is 6.83. The van der Waals surface area contributed by atoms with E-state index < -0.39 is 0 Å². The van der Waals surface area contributed by atoms with Crippen LogP contribution in [0, 0.1) is 0 Å². The van der Waals surface area contributed by atoms with Crippen molar-refractivity contribution < 1.29 is 8.83 Å². The predicted molar refractivity (Wildman–Crippen MR) is 230 cm³/mol. The minimum absolute atomic E-state index is 0.514. The highest BCUT2D eigenvalue weighted by Crippen LogP contribution is 2.43. The molecule has 0 bridgehead atoms. The van der Waals surface area contributed by atoms with E-state index in [2.05, 4.69) is 120 Å². The molecule has 12 aromatic rings. The fraction of sp³-hybridized carbons (Fsp3) is 0. The zero-order chi connectivity index (χ0) is 37.5. The number of hydrogen-bond acceptors (Lipinski definition) is 5. The van der Waals surface area contributed by atoms with Gasteiger partial charge in [0.1, 0.15) is 22.3 Å². The van der Waals surface area contributed by atoms with Gasteiger partial charge in [0.15, 0.2) is 11.6 Å². The Morgan fingerprint density at radius 3 is 1.67 bits per heavy atom. The van der Waals surface area contributed by atoms with Crippen molar-refractivity contribution in [1.29, 1.82) is 0 Å². The number of rotatable bonds is 5. The standard InChI is InChI=1S/C51H30N4O2/c1-4-15-31(16-5-1)35-23-14-24-37-40-30-45-41(36-21-10-12-25-43(36)56-45)29-42(40)55(48(35)37)51-53-49(33-19-8-3-9-20-33)52-50(54-51)34-27-39(32-17-6-2-7-18-32)47-38-22-11-13-26-44(38)57-46(47)28-34/h1-30H. The van der Waals surface area contributed by atoms with Gasteiger partial charge in [-0.15, -0.1) is 0 Å². The van der Waals surface area contributed by atoms with Crippen LogP contribution in [0.1, 0.15) is 0 Å². The minimum atomic E-state index is 0.514. The van der Waals surface area contributed by atoms with Crippen molar-refractivity contribution in [3.05, 3.63) is 182 Å². The van der Waals surface area contributed by atoms with Crippen LogP contribution < -0.4 is 0 Å². The lowest BCUT2D eigenvalue weighted by atomic mass is 9.97. The molecule has 6 heteroatoms. The summed E-state index contributed by atoms with van der Waals surface area (Å²) in [5.74, 6) is 1.63. The third-order valence-electron chi connectivity index (χ3n) is 11.0. The van der Waals surface area contributed by atoms with Gasteiger partial charge in [-0.05, 0) is 53.1 Å². The molecule has 0 aliphatic rings. The summed E-state index contributed by atoms with van der Waals surface area (Å²) in [6.45, 7) is 0. The SMILES string of the molecule is c1ccc(-c2nc(-c3cc(-c4ccccc4)c4c(c3)oc3ccccc34)nc(-n3c4cc5c(cc4c4cccc(-c6ccccc6)c43)oc3ccccc35)n2)cc1. The lowest BCUT2D eigenvalue weighted by molar-refractivity contribution is 0.669. The molecule has 4 heterocycles. The number of furan rings is 2. The Morgan fingerprint density at radius 2 is 0.930 bits per heavy atom. The molecule has 0 aliphatic heterocycles. The van der Waals surface area contributed by atoms with E-state index >= 15 is 0 Å². The van der Waals surface area contributed by atoms with Gasteiger partial charge in [-0.25, -0.2) is 4.98 Å². The Bertz CT molecular complexity index is 3510. The van der Waals surface area contributed by atoms with Gasteiger partial charge in [-0.3, -0.25) is 4.57 Å². The molecule has 0 fully saturated rings. The zero-order valence-corrected chi connectivity index (χ0v) is 30.4. The summed E-state index contributed by atoms with van der Waals surface area (Å²) < 4.78 is 15.2. The summed E-state index contributed by atoms with van der Waals surface area (Å²) in [5, 5.41) is 6.34. The molecule has 12 rings (SSSR count). The van der Waals surface area contributed by atoms with E-state index in [1.54, 1.807) is 0 Å². The van der Waals surface area contributed by atoms with E-state index in [4.69, 9.17) is 23.8 Å². The molecule has 0 amide bonds. The molecular formula is C51H30N4O2. The van der Waals surface area contributed by atoms with Gasteiger partial charge >= 0.3 is 0 Å². The van der Waals surface area contributed by atoms with Crippen LogP contribution in [0.4, 0.5) is 0 Å². The number of para-hydroxylation sites is 3. The molecule has 0 N–H and O–H groups in total. The first kappa shape index (κ1) is 31.5. The number of aromatic nitrogens is 4. The normalized spacial score (nSPS) is 11.9. The lowest BCUT2D eigenvalue weighted by Crippen LogP contribution is -2.07. The average Bonchev–Trinajstić information content (AvgIpc) is 3.95. The number of benzene rings is 8. The van der Waals surface area contributed by atoms with Gasteiger partial charge in [-0.2, -0.15) is 9.97 Å². The highest BCUT2D eigenvalue weighted by atomic mass is 16.3. The first-order valence-corrected chi connectivity index (χ1v) is 19.0. The van der Waals surface area contributed by atoms with Gasteiger partial charge in [-0.1, -0.05) is 146 Å². The molecule has 8 aromatic carbocycles. The van der Waals surface area contributed by atoms with Crippen LogP contribution in [-0.4, -0.2) is 19.5 Å². The molecule has 6 nitrogen and oxygen atoms in total. The fourth-order valence-electron chi connectivity index (χ4n) is 8.48. The number of nitrogens with zero attached hydrogens (tertiary/aromatic N) is 4. The molecule has 0 spiro atoms. The molecule has 266 valence electrons. The Morgan fingerprint density at radius 1 is 0.351 bits per heavy atom. The van der Waals surface area contributed by atoms with Crippen LogP contribution in [0.25, 0.3) is 117 Å². The van der Waals surface area contributed by atoms with Crippen molar-refractivity contribution in [3.63, 3.8) is 0 Å². The first-order valence-electron chi connectivity index (χ1n) is 19.0. The van der Waals surface area contributed by atoms with Crippen LogP contribution in [-0.2, 0) is 0 Å². The van der Waals surface area contributed by atoms with Crippen LogP contribution in [0.3, 0.4) is 0 Å². The summed E-state index contributed by atoms with van der Waals surface area (Å²) in [5.41, 5.74) is 11.3. The molecule has 57 heavy (non-hydrogen) atoms. The summed E-state index contributed by atoms with van der Waals surface area (Å²) in [7, 11) is 0. The number of fused-ring (bicyclic) bond motifs is 9. The van der Waals surface area contributed by atoms with Crippen LogP contribution in [0.2, 0.25) is 0 Å². The molecule has 0 atom stereocenters. The maximum absolute atomic E-state index is 6.56. The minimum Gasteiger partial charge on any atom is -0.456 e. The first-order chi connectivity index (χ1) is 28.2. The lowest BCUT2D eigenvalue weighted by Gasteiger charge is -2.14. The van der Waals surface area contributed by atoms with Gasteiger partial charge in [0.25, 0.3) is 0 Å². The number of hydrogen-bond donors (Lipinski definition) is 0. The van der Waals surface area contributed by atoms with E-state index in [0.717, 1.165) is 99.1 Å². The van der Waals surface area contributed by atoms with E-state index in [1.165, 1.54) is 0 Å². The quantitative estimate of drug-likeness (QED) is 0.176. The topological polar surface area (TPSA) is 69.9 Å². The molecule has 0 unspecified atom stereocenters. The third-order valence-corrected chi connectivity index (χ3v) is 11.0. The summed E-state index contributed by atoms with van der Waals surface area (Å²) in [4.78, 5) is 15.9. The maximum Gasteiger partial charge on any atom is 0.238 e. The Hall–Kier alpha value is -7.83. The molecule has 4 aromatic heterocycles. The van der Waals surface area contributed by atoms with Gasteiger partial charge in [0.2, 0.25) is 5.95 Å². The fourth-order valence-corrected chi connectivity index (χ4v) is 8.48. The zero-order valence-electron chi connectivity index (χ0n) is 30.4.